The van der Waals surface area contributed by atoms with Crippen LogP contribution in [0.3, 0.4) is 0 Å². The first-order chi connectivity index (χ1) is 10.2. The van der Waals surface area contributed by atoms with Gasteiger partial charge in [-0.1, -0.05) is 79.6 Å². The highest BCUT2D eigenvalue weighted by Crippen LogP contribution is 2.26. The summed E-state index contributed by atoms with van der Waals surface area (Å²) in [4.78, 5) is 12.2. The van der Waals surface area contributed by atoms with E-state index in [1.165, 1.54) is 32.1 Å². The Kier molecular flexibility index (Phi) is 9.01. The van der Waals surface area contributed by atoms with Crippen LogP contribution >= 0.6 is 15.9 Å². The summed E-state index contributed by atoms with van der Waals surface area (Å²) in [5, 5.41) is 9.28. The molecule has 0 aliphatic carbocycles. The lowest BCUT2D eigenvalue weighted by Gasteiger charge is -2.10. The number of benzene rings is 1. The minimum Gasteiger partial charge on any atom is -0.298 e. The zero-order chi connectivity index (χ0) is 15.5. The molecule has 0 bridgehead atoms. The smallest absolute Gasteiger partial charge is 0.154 e. The van der Waals surface area contributed by atoms with Crippen molar-refractivity contribution in [2.75, 3.05) is 0 Å². The van der Waals surface area contributed by atoms with E-state index in [0.29, 0.717) is 6.42 Å². The normalized spacial score (nSPS) is 11.9. The van der Waals surface area contributed by atoms with E-state index in [9.17, 15) is 10.1 Å². The Balaban J connectivity index is 2.37. The molecule has 0 saturated carbocycles. The van der Waals surface area contributed by atoms with Crippen molar-refractivity contribution in [2.24, 2.45) is 0 Å². The molecule has 0 heterocycles. The van der Waals surface area contributed by atoms with Gasteiger partial charge in [0.2, 0.25) is 0 Å². The molecule has 114 valence electrons. The van der Waals surface area contributed by atoms with Crippen molar-refractivity contribution in [3.63, 3.8) is 0 Å². The van der Waals surface area contributed by atoms with Crippen LogP contribution in [0.5, 0.6) is 0 Å². The fourth-order valence-electron chi connectivity index (χ4n) is 2.42. The van der Waals surface area contributed by atoms with Crippen molar-refractivity contribution in [2.45, 2.75) is 64.2 Å². The number of halogens is 1. The average molecular weight is 350 g/mol. The molecule has 0 radical (unpaired) electrons. The minimum absolute atomic E-state index is 0.0398. The Labute approximate surface area is 136 Å². The van der Waals surface area contributed by atoms with E-state index in [1.54, 1.807) is 0 Å². The molecule has 0 saturated heterocycles. The van der Waals surface area contributed by atoms with Gasteiger partial charge in [0, 0.05) is 10.9 Å². The van der Waals surface area contributed by atoms with Crippen LogP contribution in [0.1, 0.15) is 69.8 Å². The van der Waals surface area contributed by atoms with Crippen LogP contribution in [-0.4, -0.2) is 5.78 Å². The molecule has 1 rings (SSSR count). The maximum Gasteiger partial charge on any atom is 0.154 e. The summed E-state index contributed by atoms with van der Waals surface area (Å²) >= 11 is 3.42. The minimum atomic E-state index is -0.638. The predicted molar refractivity (Wildman–Crippen MR) is 90.1 cm³/mol. The molecule has 2 nitrogen and oxygen atoms in total. The van der Waals surface area contributed by atoms with Gasteiger partial charge >= 0.3 is 0 Å². The maximum absolute atomic E-state index is 12.2. The van der Waals surface area contributed by atoms with Crippen molar-refractivity contribution < 1.29 is 4.79 Å². The van der Waals surface area contributed by atoms with Crippen LogP contribution in [0.15, 0.2) is 28.7 Å². The predicted octanol–water partition coefficient (Wildman–Crippen LogP) is 5.77. The molecule has 1 unspecified atom stereocenters. The molecule has 0 spiro atoms. The van der Waals surface area contributed by atoms with Gasteiger partial charge in [-0.3, -0.25) is 4.79 Å². The number of rotatable bonds is 10. The van der Waals surface area contributed by atoms with Crippen molar-refractivity contribution in [1.82, 2.24) is 0 Å². The van der Waals surface area contributed by atoms with E-state index in [4.69, 9.17) is 0 Å². The average Bonchev–Trinajstić information content (AvgIpc) is 2.49. The van der Waals surface area contributed by atoms with Gasteiger partial charge in [-0.2, -0.15) is 5.26 Å². The molecule has 1 atom stereocenters. The molecule has 3 heteroatoms. The third-order valence-electron chi connectivity index (χ3n) is 3.69. The van der Waals surface area contributed by atoms with Crippen molar-refractivity contribution >= 4 is 21.7 Å². The molecule has 1 aromatic rings. The molecule has 0 amide bonds. The number of ketones is 1. The highest BCUT2D eigenvalue weighted by atomic mass is 79.9. The Bertz CT molecular complexity index is 478. The molecular weight excluding hydrogens is 326 g/mol. The van der Waals surface area contributed by atoms with E-state index in [0.717, 1.165) is 22.9 Å². The van der Waals surface area contributed by atoms with Gasteiger partial charge in [0.25, 0.3) is 0 Å². The summed E-state index contributed by atoms with van der Waals surface area (Å²) < 4.78 is 0.837. The topological polar surface area (TPSA) is 40.9 Å². The van der Waals surface area contributed by atoms with Gasteiger partial charge < -0.3 is 0 Å². The molecule has 21 heavy (non-hydrogen) atoms. The SMILES string of the molecule is CCCCCCCCCC(=O)C(C#N)c1ccccc1Br. The number of carbonyl (C=O) groups excluding carboxylic acids is 1. The van der Waals surface area contributed by atoms with Crippen molar-refractivity contribution in [3.8, 4) is 6.07 Å². The third-order valence-corrected chi connectivity index (χ3v) is 4.42. The summed E-state index contributed by atoms with van der Waals surface area (Å²) in [6.45, 7) is 2.21. The molecule has 1 aromatic carbocycles. The highest BCUT2D eigenvalue weighted by molar-refractivity contribution is 9.10. The quantitative estimate of drug-likeness (QED) is 0.503. The second kappa shape index (κ2) is 10.6. The Hall–Kier alpha value is -1.14. The summed E-state index contributed by atoms with van der Waals surface area (Å²) in [5.74, 6) is -0.598. The largest absolute Gasteiger partial charge is 0.298 e. The number of hydrogen-bond acceptors (Lipinski definition) is 2. The monoisotopic (exact) mass is 349 g/mol. The first-order valence-electron chi connectivity index (χ1n) is 7.87. The summed E-state index contributed by atoms with van der Waals surface area (Å²) in [6, 6.07) is 9.63. The number of nitriles is 1. The lowest BCUT2D eigenvalue weighted by Crippen LogP contribution is -2.11. The highest BCUT2D eigenvalue weighted by Gasteiger charge is 2.21. The first-order valence-corrected chi connectivity index (χ1v) is 8.66. The number of hydrogen-bond donors (Lipinski definition) is 0. The van der Waals surface area contributed by atoms with E-state index in [2.05, 4.69) is 28.9 Å². The molecule has 0 fully saturated rings. The van der Waals surface area contributed by atoms with Gasteiger partial charge in [0.05, 0.1) is 6.07 Å². The molecular formula is C18H24BrNO. The van der Waals surface area contributed by atoms with E-state index < -0.39 is 5.92 Å². The van der Waals surface area contributed by atoms with E-state index >= 15 is 0 Å². The zero-order valence-corrected chi connectivity index (χ0v) is 14.4. The molecule has 0 aromatic heterocycles. The molecule has 0 aliphatic rings. The zero-order valence-electron chi connectivity index (χ0n) is 12.8. The van der Waals surface area contributed by atoms with E-state index in [-0.39, 0.29) is 5.78 Å². The maximum atomic E-state index is 12.2. The standard InChI is InChI=1S/C18H24BrNO/c1-2-3-4-5-6-7-8-13-18(21)16(14-20)15-11-9-10-12-17(15)19/h9-12,16H,2-8,13H2,1H3. The fraction of sp³-hybridized carbons (Fsp3) is 0.556. The summed E-state index contributed by atoms with van der Waals surface area (Å²) in [5.41, 5.74) is 0.785. The Morgan fingerprint density at radius 1 is 1.14 bits per heavy atom. The van der Waals surface area contributed by atoms with Crippen LogP contribution in [0.2, 0.25) is 0 Å². The van der Waals surface area contributed by atoms with Crippen LogP contribution in [-0.2, 0) is 4.79 Å². The van der Waals surface area contributed by atoms with Gasteiger partial charge in [-0.05, 0) is 18.1 Å². The fourth-order valence-corrected chi connectivity index (χ4v) is 2.94. The van der Waals surface area contributed by atoms with Gasteiger partial charge in [0.15, 0.2) is 5.78 Å². The Morgan fingerprint density at radius 2 is 1.76 bits per heavy atom. The third kappa shape index (κ3) is 6.44. The van der Waals surface area contributed by atoms with Crippen molar-refractivity contribution in [1.29, 1.82) is 5.26 Å². The van der Waals surface area contributed by atoms with Crippen LogP contribution in [0, 0.1) is 11.3 Å². The van der Waals surface area contributed by atoms with E-state index in [1.807, 2.05) is 24.3 Å². The summed E-state index contributed by atoms with van der Waals surface area (Å²) in [7, 11) is 0. The first kappa shape index (κ1) is 17.9. The van der Waals surface area contributed by atoms with Crippen molar-refractivity contribution in [3.05, 3.63) is 34.3 Å². The Morgan fingerprint density at radius 3 is 2.38 bits per heavy atom. The molecule has 0 aliphatic heterocycles. The van der Waals surface area contributed by atoms with Crippen LogP contribution in [0.4, 0.5) is 0 Å². The van der Waals surface area contributed by atoms with Gasteiger partial charge in [-0.25, -0.2) is 0 Å². The lowest BCUT2D eigenvalue weighted by atomic mass is 9.93. The number of carbonyl (C=O) groups is 1. The molecule has 0 N–H and O–H groups in total. The number of nitrogens with zero attached hydrogens (tertiary/aromatic N) is 1. The lowest BCUT2D eigenvalue weighted by molar-refractivity contribution is -0.119. The second-order valence-electron chi connectivity index (χ2n) is 5.42. The number of unbranched alkanes of at least 4 members (excludes halogenated alkanes) is 6. The second-order valence-corrected chi connectivity index (χ2v) is 6.28. The van der Waals surface area contributed by atoms with Gasteiger partial charge in [-0.15, -0.1) is 0 Å². The summed E-state index contributed by atoms with van der Waals surface area (Å²) in [6.07, 6.45) is 8.80. The number of Topliss-reactive ketones (excluding diaryl/α,β-unsaturated/α-hetero) is 1. The van der Waals surface area contributed by atoms with Crippen LogP contribution in [0.25, 0.3) is 0 Å². The van der Waals surface area contributed by atoms with Crippen LogP contribution < -0.4 is 0 Å². The van der Waals surface area contributed by atoms with Gasteiger partial charge in [0.1, 0.15) is 5.92 Å².